The summed E-state index contributed by atoms with van der Waals surface area (Å²) in [6, 6.07) is 0. The van der Waals surface area contributed by atoms with Gasteiger partial charge < -0.3 is 0 Å². The van der Waals surface area contributed by atoms with E-state index in [1.165, 1.54) is 10.8 Å². The van der Waals surface area contributed by atoms with Crippen molar-refractivity contribution < 1.29 is 0 Å². The Hall–Kier alpha value is 0.700. The van der Waals surface area contributed by atoms with Crippen molar-refractivity contribution >= 4 is 23.5 Å². The average Bonchev–Trinajstić information content (AvgIpc) is 1.66. The molecule has 0 saturated carbocycles. The van der Waals surface area contributed by atoms with Gasteiger partial charge >= 0.3 is 0 Å². The van der Waals surface area contributed by atoms with Gasteiger partial charge in [-0.25, -0.2) is 0 Å². The van der Waals surface area contributed by atoms with Crippen molar-refractivity contribution in [2.45, 2.75) is 13.8 Å². The van der Waals surface area contributed by atoms with Gasteiger partial charge in [0, 0.05) is 5.08 Å². The van der Waals surface area contributed by atoms with E-state index in [1.807, 2.05) is 23.5 Å². The highest BCUT2D eigenvalue weighted by Crippen LogP contribution is 2.11. The fraction of sp³-hybridized carbons (Fsp3) is 1.00. The first-order valence-electron chi connectivity index (χ1n) is 2.84. The normalized spacial score (nSPS) is 10.5. The molecule has 0 bridgehead atoms. The molecule has 0 aromatic carbocycles. The molecular weight excluding hydrogens is 136 g/mol. The van der Waals surface area contributed by atoms with E-state index in [1.54, 1.807) is 0 Å². The minimum atomic E-state index is 0.854. The molecule has 0 aliphatic rings. The fourth-order valence-corrected chi connectivity index (χ4v) is 1.89. The molecule has 0 unspecified atom stereocenters. The van der Waals surface area contributed by atoms with Crippen molar-refractivity contribution in [2.75, 3.05) is 17.1 Å². The van der Waals surface area contributed by atoms with Gasteiger partial charge in [0.2, 0.25) is 0 Å². The van der Waals surface area contributed by atoms with E-state index in [4.69, 9.17) is 0 Å². The zero-order chi connectivity index (χ0) is 6.41. The summed E-state index contributed by atoms with van der Waals surface area (Å²) in [4.78, 5) is 0. The molecule has 0 aromatic rings. The summed E-state index contributed by atoms with van der Waals surface area (Å²) in [5.41, 5.74) is 0. The third kappa shape index (κ3) is 6.70. The van der Waals surface area contributed by atoms with Gasteiger partial charge in [-0.05, 0) is 17.9 Å². The van der Waals surface area contributed by atoms with Crippen LogP contribution in [-0.4, -0.2) is 17.1 Å². The van der Waals surface area contributed by atoms with Crippen LogP contribution in [0.1, 0.15) is 13.8 Å². The van der Waals surface area contributed by atoms with E-state index in [0.29, 0.717) is 0 Å². The van der Waals surface area contributed by atoms with Crippen LogP contribution < -0.4 is 0 Å². The van der Waals surface area contributed by atoms with Gasteiger partial charge in [-0.15, -0.1) is 0 Å². The minimum Gasteiger partial charge on any atom is -0.155 e. The first-order chi connectivity index (χ1) is 3.77. The van der Waals surface area contributed by atoms with Crippen molar-refractivity contribution in [3.05, 3.63) is 0 Å². The highest BCUT2D eigenvalue weighted by atomic mass is 32.2. The molecule has 50 valence electrons. The van der Waals surface area contributed by atoms with Gasteiger partial charge in [0.1, 0.15) is 0 Å². The smallest absolute Gasteiger partial charge is 0.0389 e. The molecule has 0 atom stereocenters. The molecule has 0 fully saturated rings. The SMILES string of the molecule is CSCSCC(C)C. The van der Waals surface area contributed by atoms with Gasteiger partial charge in [-0.1, -0.05) is 13.8 Å². The lowest BCUT2D eigenvalue weighted by atomic mass is 10.3. The second-order valence-corrected chi connectivity index (χ2v) is 4.43. The van der Waals surface area contributed by atoms with Gasteiger partial charge in [-0.2, -0.15) is 23.5 Å². The van der Waals surface area contributed by atoms with Crippen molar-refractivity contribution in [3.63, 3.8) is 0 Å². The van der Waals surface area contributed by atoms with Crippen LogP contribution in [0.2, 0.25) is 0 Å². The first kappa shape index (κ1) is 8.70. The van der Waals surface area contributed by atoms with Crippen LogP contribution in [0.5, 0.6) is 0 Å². The molecule has 0 aliphatic carbocycles. The monoisotopic (exact) mass is 150 g/mol. The molecule has 0 amide bonds. The minimum absolute atomic E-state index is 0.854. The zero-order valence-corrected chi connectivity index (χ0v) is 7.44. The van der Waals surface area contributed by atoms with Gasteiger partial charge in [0.15, 0.2) is 0 Å². The molecule has 0 aromatic heterocycles. The van der Waals surface area contributed by atoms with Crippen LogP contribution in [0.4, 0.5) is 0 Å². The molecule has 2 heteroatoms. The second kappa shape index (κ2) is 5.83. The van der Waals surface area contributed by atoms with Crippen LogP contribution in [0.3, 0.4) is 0 Å². The Labute approximate surface area is 60.8 Å². The van der Waals surface area contributed by atoms with E-state index in [9.17, 15) is 0 Å². The molecule has 0 rings (SSSR count). The molecule has 0 spiro atoms. The Morgan fingerprint density at radius 2 is 2.00 bits per heavy atom. The topological polar surface area (TPSA) is 0 Å². The Morgan fingerprint density at radius 1 is 1.38 bits per heavy atom. The number of hydrogen-bond donors (Lipinski definition) is 0. The zero-order valence-electron chi connectivity index (χ0n) is 5.81. The summed E-state index contributed by atoms with van der Waals surface area (Å²) in [5.74, 6) is 2.16. The number of hydrogen-bond acceptors (Lipinski definition) is 2. The third-order valence-electron chi connectivity index (χ3n) is 0.652. The van der Waals surface area contributed by atoms with Crippen LogP contribution in [-0.2, 0) is 0 Å². The lowest BCUT2D eigenvalue weighted by Crippen LogP contribution is -1.89. The summed E-state index contributed by atoms with van der Waals surface area (Å²) >= 11 is 3.93. The van der Waals surface area contributed by atoms with Crippen LogP contribution >= 0.6 is 23.5 Å². The lowest BCUT2D eigenvalue weighted by Gasteiger charge is -2.00. The molecular formula is C6H14S2. The van der Waals surface area contributed by atoms with E-state index in [2.05, 4.69) is 20.1 Å². The summed E-state index contributed by atoms with van der Waals surface area (Å²) < 4.78 is 0. The van der Waals surface area contributed by atoms with Crippen LogP contribution in [0.25, 0.3) is 0 Å². The van der Waals surface area contributed by atoms with E-state index < -0.39 is 0 Å². The van der Waals surface area contributed by atoms with Crippen LogP contribution in [0.15, 0.2) is 0 Å². The molecule has 0 aliphatic heterocycles. The van der Waals surface area contributed by atoms with Gasteiger partial charge in [0.25, 0.3) is 0 Å². The Balaban J connectivity index is 2.72. The summed E-state index contributed by atoms with van der Waals surface area (Å²) in [7, 11) is 0. The molecule has 0 saturated heterocycles. The molecule has 8 heavy (non-hydrogen) atoms. The predicted molar refractivity (Wildman–Crippen MR) is 45.7 cm³/mol. The lowest BCUT2D eigenvalue weighted by molar-refractivity contribution is 0.751. The standard InChI is InChI=1S/C6H14S2/c1-6(2)4-8-5-7-3/h6H,4-5H2,1-3H3. The summed E-state index contributed by atoms with van der Waals surface area (Å²) in [5, 5.41) is 1.25. The third-order valence-corrected chi connectivity index (χ3v) is 3.16. The Kier molecular flexibility index (Phi) is 6.34. The predicted octanol–water partition coefficient (Wildman–Crippen LogP) is 2.70. The molecule has 0 N–H and O–H groups in total. The Morgan fingerprint density at radius 3 is 2.38 bits per heavy atom. The molecule has 0 nitrogen and oxygen atoms in total. The van der Waals surface area contributed by atoms with E-state index in [-0.39, 0.29) is 0 Å². The number of thioether (sulfide) groups is 2. The van der Waals surface area contributed by atoms with Gasteiger partial charge in [0.05, 0.1) is 0 Å². The molecule has 0 heterocycles. The van der Waals surface area contributed by atoms with Crippen molar-refractivity contribution in [1.29, 1.82) is 0 Å². The maximum Gasteiger partial charge on any atom is 0.0389 e. The van der Waals surface area contributed by atoms with Gasteiger partial charge in [-0.3, -0.25) is 0 Å². The van der Waals surface area contributed by atoms with Crippen molar-refractivity contribution in [1.82, 2.24) is 0 Å². The highest BCUT2D eigenvalue weighted by Gasteiger charge is 1.90. The van der Waals surface area contributed by atoms with Crippen molar-refractivity contribution in [2.24, 2.45) is 5.92 Å². The number of rotatable bonds is 4. The first-order valence-corrected chi connectivity index (χ1v) is 5.39. The molecule has 0 radical (unpaired) electrons. The largest absolute Gasteiger partial charge is 0.155 e. The van der Waals surface area contributed by atoms with E-state index >= 15 is 0 Å². The fourth-order valence-electron chi connectivity index (χ4n) is 0.367. The summed E-state index contributed by atoms with van der Waals surface area (Å²) in [6.45, 7) is 4.51. The maximum atomic E-state index is 2.26. The quantitative estimate of drug-likeness (QED) is 0.446. The Bertz CT molecular complexity index is 43.8. The second-order valence-electron chi connectivity index (χ2n) is 2.17. The highest BCUT2D eigenvalue weighted by molar-refractivity contribution is 8.15. The summed E-state index contributed by atoms with van der Waals surface area (Å²) in [6.07, 6.45) is 2.15. The van der Waals surface area contributed by atoms with E-state index in [0.717, 1.165) is 5.92 Å². The maximum absolute atomic E-state index is 2.26. The van der Waals surface area contributed by atoms with Crippen LogP contribution in [0, 0.1) is 5.92 Å². The van der Waals surface area contributed by atoms with Crippen molar-refractivity contribution in [3.8, 4) is 0 Å². The average molecular weight is 150 g/mol.